The lowest BCUT2D eigenvalue weighted by atomic mass is 10.00. The molecule has 0 amide bonds. The molecule has 0 aliphatic carbocycles. The fourth-order valence-electron chi connectivity index (χ4n) is 3.59. The minimum Gasteiger partial charge on any atom is -0.460 e. The van der Waals surface area contributed by atoms with Crippen molar-refractivity contribution in [1.82, 2.24) is 4.90 Å². The van der Waals surface area contributed by atoms with Crippen LogP contribution in [0.3, 0.4) is 0 Å². The number of esters is 1. The first-order valence-corrected chi connectivity index (χ1v) is 13.0. The van der Waals surface area contributed by atoms with Crippen molar-refractivity contribution in [2.75, 3.05) is 30.6 Å². The molecule has 2 N–H and O–H groups in total. The second kappa shape index (κ2) is 13.0. The van der Waals surface area contributed by atoms with E-state index in [1.54, 1.807) is 24.3 Å². The molecule has 31 heavy (non-hydrogen) atoms. The summed E-state index contributed by atoms with van der Waals surface area (Å²) in [7, 11) is -3.30. The largest absolute Gasteiger partial charge is 0.460 e. The Kier molecular flexibility index (Phi) is 11.5. The fraction of sp³-hybridized carbons (Fsp3) is 0.696. The van der Waals surface area contributed by atoms with E-state index in [0.29, 0.717) is 12.1 Å². The van der Waals surface area contributed by atoms with Crippen molar-refractivity contribution in [2.24, 2.45) is 0 Å². The van der Waals surface area contributed by atoms with Gasteiger partial charge in [0, 0.05) is 12.6 Å². The number of ether oxygens (including phenoxy) is 1. The zero-order valence-electron chi connectivity index (χ0n) is 19.7. The molecule has 1 rings (SSSR count). The van der Waals surface area contributed by atoms with Crippen molar-refractivity contribution in [3.63, 3.8) is 0 Å². The standard InChI is InChI=1S/C23H40N2O5S/c1-6-25(17-9-7-8-16-23(3,4)30-19(2)26)18-10-11-22(27)20-12-14-21(15-13-20)24-31(5,28)29/h12-15,22,24,27H,6-11,16-18H2,1-5H3. The number of aliphatic hydroxyl groups excluding tert-OH is 1. The Balaban J connectivity index is 2.29. The summed E-state index contributed by atoms with van der Waals surface area (Å²) in [5.41, 5.74) is 0.884. The average Bonchev–Trinajstić information content (AvgIpc) is 2.64. The minimum atomic E-state index is -3.30. The summed E-state index contributed by atoms with van der Waals surface area (Å²) in [5, 5.41) is 10.4. The van der Waals surface area contributed by atoms with Crippen LogP contribution in [0.2, 0.25) is 0 Å². The maximum Gasteiger partial charge on any atom is 0.303 e. The molecule has 0 aliphatic heterocycles. The Morgan fingerprint density at radius 1 is 1.13 bits per heavy atom. The van der Waals surface area contributed by atoms with Gasteiger partial charge >= 0.3 is 5.97 Å². The molecule has 1 unspecified atom stereocenters. The van der Waals surface area contributed by atoms with Crippen LogP contribution >= 0.6 is 0 Å². The maximum absolute atomic E-state index is 11.3. The molecule has 8 heteroatoms. The molecule has 1 aromatic carbocycles. The van der Waals surface area contributed by atoms with E-state index in [4.69, 9.17) is 4.74 Å². The summed E-state index contributed by atoms with van der Waals surface area (Å²) < 4.78 is 30.3. The second-order valence-corrected chi connectivity index (χ2v) is 10.5. The molecule has 0 spiro atoms. The van der Waals surface area contributed by atoms with Gasteiger partial charge in [-0.1, -0.05) is 25.5 Å². The van der Waals surface area contributed by atoms with E-state index in [9.17, 15) is 18.3 Å². The summed E-state index contributed by atoms with van der Waals surface area (Å²) in [4.78, 5) is 13.5. The third-order valence-electron chi connectivity index (χ3n) is 5.17. The average molecular weight is 457 g/mol. The number of benzene rings is 1. The highest BCUT2D eigenvalue weighted by atomic mass is 32.2. The predicted octanol–water partition coefficient (Wildman–Crippen LogP) is 4.10. The molecule has 0 radical (unpaired) electrons. The summed E-state index contributed by atoms with van der Waals surface area (Å²) in [6, 6.07) is 6.85. The third-order valence-corrected chi connectivity index (χ3v) is 5.78. The molecule has 178 valence electrons. The molecule has 0 fully saturated rings. The number of anilines is 1. The van der Waals surface area contributed by atoms with Crippen LogP contribution in [0.25, 0.3) is 0 Å². The van der Waals surface area contributed by atoms with Crippen LogP contribution in [0.5, 0.6) is 0 Å². The van der Waals surface area contributed by atoms with Crippen LogP contribution in [-0.2, 0) is 19.6 Å². The number of sulfonamides is 1. The molecular weight excluding hydrogens is 416 g/mol. The van der Waals surface area contributed by atoms with E-state index >= 15 is 0 Å². The van der Waals surface area contributed by atoms with Gasteiger partial charge < -0.3 is 14.7 Å². The number of rotatable bonds is 15. The van der Waals surface area contributed by atoms with E-state index in [1.165, 1.54) is 6.92 Å². The lowest BCUT2D eigenvalue weighted by molar-refractivity contribution is -0.154. The molecule has 7 nitrogen and oxygen atoms in total. The Labute approximate surface area is 188 Å². The highest BCUT2D eigenvalue weighted by Crippen LogP contribution is 2.21. The molecule has 0 aromatic heterocycles. The van der Waals surface area contributed by atoms with Gasteiger partial charge in [-0.25, -0.2) is 8.42 Å². The Hall–Kier alpha value is -1.64. The van der Waals surface area contributed by atoms with Gasteiger partial charge in [0.2, 0.25) is 10.0 Å². The van der Waals surface area contributed by atoms with Gasteiger partial charge in [-0.15, -0.1) is 0 Å². The molecule has 0 heterocycles. The first-order valence-electron chi connectivity index (χ1n) is 11.1. The van der Waals surface area contributed by atoms with E-state index in [0.717, 1.165) is 63.6 Å². The van der Waals surface area contributed by atoms with Gasteiger partial charge in [0.1, 0.15) is 5.60 Å². The first-order chi connectivity index (χ1) is 14.4. The van der Waals surface area contributed by atoms with Crippen LogP contribution in [0.15, 0.2) is 24.3 Å². The first kappa shape index (κ1) is 27.4. The van der Waals surface area contributed by atoms with Gasteiger partial charge in [0.25, 0.3) is 0 Å². The van der Waals surface area contributed by atoms with Crippen LogP contribution in [0, 0.1) is 0 Å². The van der Waals surface area contributed by atoms with Crippen molar-refractivity contribution in [3.05, 3.63) is 29.8 Å². The zero-order chi connectivity index (χ0) is 23.5. The molecule has 0 saturated heterocycles. The lowest BCUT2D eigenvalue weighted by Gasteiger charge is -2.25. The lowest BCUT2D eigenvalue weighted by Crippen LogP contribution is -2.27. The summed E-state index contributed by atoms with van der Waals surface area (Å²) in [5.74, 6) is -0.231. The Morgan fingerprint density at radius 3 is 2.29 bits per heavy atom. The Morgan fingerprint density at radius 2 is 1.74 bits per heavy atom. The van der Waals surface area contributed by atoms with Gasteiger partial charge in [-0.3, -0.25) is 9.52 Å². The topological polar surface area (TPSA) is 95.9 Å². The van der Waals surface area contributed by atoms with Crippen LogP contribution in [0.1, 0.15) is 77.9 Å². The predicted molar refractivity (Wildman–Crippen MR) is 126 cm³/mol. The van der Waals surface area contributed by atoms with Crippen molar-refractivity contribution in [3.8, 4) is 0 Å². The number of nitrogens with one attached hydrogen (secondary N) is 1. The van der Waals surface area contributed by atoms with Crippen molar-refractivity contribution in [2.45, 2.75) is 77.9 Å². The molecule has 0 aliphatic rings. The third kappa shape index (κ3) is 12.7. The van der Waals surface area contributed by atoms with Gasteiger partial charge in [0.05, 0.1) is 12.4 Å². The molecule has 0 bridgehead atoms. The van der Waals surface area contributed by atoms with E-state index in [1.807, 2.05) is 13.8 Å². The van der Waals surface area contributed by atoms with Gasteiger partial charge in [0.15, 0.2) is 0 Å². The van der Waals surface area contributed by atoms with E-state index in [2.05, 4.69) is 16.5 Å². The molecule has 1 aromatic rings. The number of nitrogens with zero attached hydrogens (tertiary/aromatic N) is 1. The fourth-order valence-corrected chi connectivity index (χ4v) is 4.16. The van der Waals surface area contributed by atoms with Crippen molar-refractivity contribution < 1.29 is 23.1 Å². The monoisotopic (exact) mass is 456 g/mol. The molecule has 0 saturated carbocycles. The second-order valence-electron chi connectivity index (χ2n) is 8.75. The van der Waals surface area contributed by atoms with E-state index < -0.39 is 21.7 Å². The zero-order valence-corrected chi connectivity index (χ0v) is 20.5. The number of aliphatic hydroxyl groups is 1. The summed E-state index contributed by atoms with van der Waals surface area (Å²) >= 11 is 0. The Bertz CT molecular complexity index is 763. The highest BCUT2D eigenvalue weighted by Gasteiger charge is 2.20. The normalized spacial score (nSPS) is 13.3. The number of unbranched alkanes of at least 4 members (excludes halogenated alkanes) is 2. The molecular formula is C23H40N2O5S. The smallest absolute Gasteiger partial charge is 0.303 e. The number of hydrogen-bond acceptors (Lipinski definition) is 6. The number of carbonyl (C=O) groups is 1. The van der Waals surface area contributed by atoms with Crippen LogP contribution < -0.4 is 4.72 Å². The van der Waals surface area contributed by atoms with Crippen LogP contribution in [-0.4, -0.2) is 55.9 Å². The maximum atomic E-state index is 11.3. The molecule has 1 atom stereocenters. The summed E-state index contributed by atoms with van der Waals surface area (Å²) in [6.45, 7) is 10.4. The quantitative estimate of drug-likeness (QED) is 0.305. The van der Waals surface area contributed by atoms with Crippen molar-refractivity contribution in [1.29, 1.82) is 0 Å². The van der Waals surface area contributed by atoms with E-state index in [-0.39, 0.29) is 5.97 Å². The van der Waals surface area contributed by atoms with Crippen LogP contribution in [0.4, 0.5) is 5.69 Å². The SMILES string of the molecule is CCN(CCCCCC(C)(C)OC(C)=O)CCCC(O)c1ccc(NS(C)(=O)=O)cc1. The highest BCUT2D eigenvalue weighted by molar-refractivity contribution is 7.92. The van der Waals surface area contributed by atoms with Gasteiger partial charge in [-0.2, -0.15) is 0 Å². The number of hydrogen-bond donors (Lipinski definition) is 2. The van der Waals surface area contributed by atoms with Crippen molar-refractivity contribution >= 4 is 21.7 Å². The number of carbonyl (C=O) groups excluding carboxylic acids is 1. The summed E-state index contributed by atoms with van der Waals surface area (Å²) in [6.07, 6.45) is 6.18. The minimum absolute atomic E-state index is 0.231. The van der Waals surface area contributed by atoms with Gasteiger partial charge in [-0.05, 0) is 83.3 Å².